The summed E-state index contributed by atoms with van der Waals surface area (Å²) in [4.78, 5) is 10.2. The number of hydrogen-bond donors (Lipinski definition) is 0. The molecule has 2 nitrogen and oxygen atoms in total. The summed E-state index contributed by atoms with van der Waals surface area (Å²) in [7, 11) is 0. The van der Waals surface area contributed by atoms with E-state index in [4.69, 9.17) is 9.98 Å². The van der Waals surface area contributed by atoms with Crippen LogP contribution in [0.5, 0.6) is 0 Å². The second-order valence-corrected chi connectivity index (χ2v) is 11.3. The Bertz CT molecular complexity index is 933. The number of benzene rings is 2. The van der Waals surface area contributed by atoms with Crippen LogP contribution in [-0.4, -0.2) is 11.4 Å². The van der Waals surface area contributed by atoms with E-state index < -0.39 is 0 Å². The van der Waals surface area contributed by atoms with Crippen molar-refractivity contribution >= 4 is 22.8 Å². The Labute approximate surface area is 263 Å². The molecule has 41 heavy (non-hydrogen) atoms. The Hall–Kier alpha value is -1.99. The van der Waals surface area contributed by atoms with E-state index in [1.165, 1.54) is 109 Å². The maximum absolute atomic E-state index is 5.11. The van der Waals surface area contributed by atoms with E-state index >= 15 is 0 Å². The second-order valence-electron chi connectivity index (χ2n) is 11.3. The van der Waals surface area contributed by atoms with Crippen LogP contribution < -0.4 is 0 Å². The topological polar surface area (TPSA) is 24.7 Å². The summed E-state index contributed by atoms with van der Waals surface area (Å²) in [5.74, 6) is 0. The number of hydrogen-bond acceptors (Lipinski definition) is 2. The zero-order valence-electron chi connectivity index (χ0n) is 26.3. The molecule has 0 aliphatic rings. The van der Waals surface area contributed by atoms with Gasteiger partial charge in [-0.3, -0.25) is 4.99 Å². The number of para-hydroxylation sites is 2. The fraction of sp³-hybridized carbons (Fsp3) is 0.579. The zero-order valence-corrected chi connectivity index (χ0v) is 27.3. The summed E-state index contributed by atoms with van der Waals surface area (Å²) in [5, 5.41) is 0. The molecule has 0 saturated carbocycles. The van der Waals surface area contributed by atoms with Gasteiger partial charge in [-0.15, -0.1) is 0 Å². The van der Waals surface area contributed by atoms with Crippen molar-refractivity contribution < 1.29 is 16.5 Å². The SMILES string of the molecule is CCCCCCCCCCCCCCC=CC(=Nc1ccccc1)C(CCCCCCCC)=Nc1ccccc1.[Ni]. The van der Waals surface area contributed by atoms with E-state index in [-0.39, 0.29) is 16.5 Å². The van der Waals surface area contributed by atoms with Gasteiger partial charge >= 0.3 is 0 Å². The predicted octanol–water partition coefficient (Wildman–Crippen LogP) is 12.9. The Kier molecular flexibility index (Phi) is 24.3. The summed E-state index contributed by atoms with van der Waals surface area (Å²) < 4.78 is 0. The normalized spacial score (nSPS) is 12.1. The fourth-order valence-corrected chi connectivity index (χ4v) is 5.11. The minimum Gasteiger partial charge on any atom is -0.251 e. The van der Waals surface area contributed by atoms with Crippen molar-refractivity contribution in [1.29, 1.82) is 0 Å². The Balaban J connectivity index is 0.00000840. The molecule has 0 spiro atoms. The molecule has 0 unspecified atom stereocenters. The van der Waals surface area contributed by atoms with E-state index in [1.54, 1.807) is 0 Å². The van der Waals surface area contributed by atoms with Gasteiger partial charge in [0.1, 0.15) is 0 Å². The molecule has 0 atom stereocenters. The van der Waals surface area contributed by atoms with Gasteiger partial charge in [0, 0.05) is 16.5 Å². The van der Waals surface area contributed by atoms with E-state index in [9.17, 15) is 0 Å². The van der Waals surface area contributed by atoms with Gasteiger partial charge in [0.05, 0.1) is 22.8 Å². The van der Waals surface area contributed by atoms with Crippen LogP contribution in [0.2, 0.25) is 0 Å². The number of unbranched alkanes of at least 4 members (excludes halogenated alkanes) is 17. The molecule has 0 N–H and O–H groups in total. The van der Waals surface area contributed by atoms with Crippen molar-refractivity contribution in [1.82, 2.24) is 0 Å². The third-order valence-corrected chi connectivity index (χ3v) is 7.59. The summed E-state index contributed by atoms with van der Waals surface area (Å²) in [5.41, 5.74) is 4.13. The molecule has 2 rings (SSSR count). The molecule has 0 aromatic heterocycles. The van der Waals surface area contributed by atoms with Gasteiger partial charge in [-0.25, -0.2) is 4.99 Å². The van der Waals surface area contributed by atoms with Gasteiger partial charge in [0.25, 0.3) is 0 Å². The van der Waals surface area contributed by atoms with Crippen LogP contribution in [0.25, 0.3) is 0 Å². The second kappa shape index (κ2) is 26.9. The molecule has 0 aliphatic heterocycles. The average molecular weight is 602 g/mol. The maximum atomic E-state index is 5.11. The van der Waals surface area contributed by atoms with Crippen molar-refractivity contribution in [2.75, 3.05) is 0 Å². The number of nitrogens with zero attached hydrogens (tertiary/aromatic N) is 2. The molecule has 0 radical (unpaired) electrons. The Morgan fingerprint density at radius 3 is 1.41 bits per heavy atom. The fourth-order valence-electron chi connectivity index (χ4n) is 5.11. The largest absolute Gasteiger partial charge is 0.251 e. The first kappa shape index (κ1) is 37.0. The molecule has 0 saturated heterocycles. The smallest absolute Gasteiger partial charge is 0.0848 e. The van der Waals surface area contributed by atoms with Crippen LogP contribution in [-0.2, 0) is 16.5 Å². The molecule has 0 bridgehead atoms. The molecule has 2 aromatic carbocycles. The van der Waals surface area contributed by atoms with E-state index in [0.717, 1.165) is 42.1 Å². The molecule has 0 aliphatic carbocycles. The van der Waals surface area contributed by atoms with Gasteiger partial charge in [-0.05, 0) is 56.0 Å². The van der Waals surface area contributed by atoms with Crippen LogP contribution in [0.4, 0.5) is 11.4 Å². The van der Waals surface area contributed by atoms with E-state index in [1.807, 2.05) is 0 Å². The summed E-state index contributed by atoms with van der Waals surface area (Å²) >= 11 is 0. The van der Waals surface area contributed by atoms with Gasteiger partial charge < -0.3 is 0 Å². The molecular formula is C38H58N2Ni. The van der Waals surface area contributed by atoms with Crippen molar-refractivity contribution in [3.63, 3.8) is 0 Å². The summed E-state index contributed by atoms with van der Waals surface area (Å²) in [6.45, 7) is 4.57. The number of rotatable bonds is 24. The van der Waals surface area contributed by atoms with Gasteiger partial charge in [-0.1, -0.05) is 159 Å². The summed E-state index contributed by atoms with van der Waals surface area (Å²) in [6, 6.07) is 20.7. The summed E-state index contributed by atoms with van der Waals surface area (Å²) in [6.07, 6.45) is 31.0. The number of aliphatic imine (C=N–C) groups is 2. The van der Waals surface area contributed by atoms with Crippen LogP contribution in [0.3, 0.4) is 0 Å². The average Bonchev–Trinajstić information content (AvgIpc) is 2.99. The zero-order chi connectivity index (χ0) is 28.4. The van der Waals surface area contributed by atoms with Crippen LogP contribution in [0, 0.1) is 0 Å². The molecular weight excluding hydrogens is 543 g/mol. The van der Waals surface area contributed by atoms with Crippen molar-refractivity contribution in [3.05, 3.63) is 72.8 Å². The molecule has 2 aromatic rings. The van der Waals surface area contributed by atoms with Crippen LogP contribution >= 0.6 is 0 Å². The predicted molar refractivity (Wildman–Crippen MR) is 180 cm³/mol. The molecule has 0 heterocycles. The Morgan fingerprint density at radius 2 is 0.927 bits per heavy atom. The van der Waals surface area contributed by atoms with Gasteiger partial charge in [0.15, 0.2) is 0 Å². The maximum Gasteiger partial charge on any atom is 0.0848 e. The minimum absolute atomic E-state index is 0. The minimum atomic E-state index is 0. The van der Waals surface area contributed by atoms with Gasteiger partial charge in [0.2, 0.25) is 0 Å². The van der Waals surface area contributed by atoms with E-state index in [0.29, 0.717) is 0 Å². The third-order valence-electron chi connectivity index (χ3n) is 7.59. The Morgan fingerprint density at radius 1 is 0.512 bits per heavy atom. The molecule has 0 amide bonds. The first-order valence-electron chi connectivity index (χ1n) is 16.8. The first-order valence-corrected chi connectivity index (χ1v) is 16.8. The van der Waals surface area contributed by atoms with Crippen molar-refractivity contribution in [3.8, 4) is 0 Å². The van der Waals surface area contributed by atoms with Crippen LogP contribution in [0.1, 0.15) is 142 Å². The molecule has 0 fully saturated rings. The van der Waals surface area contributed by atoms with Gasteiger partial charge in [-0.2, -0.15) is 0 Å². The van der Waals surface area contributed by atoms with Crippen molar-refractivity contribution in [2.24, 2.45) is 9.98 Å². The monoisotopic (exact) mass is 600 g/mol. The molecule has 230 valence electrons. The standard InChI is InChI=1S/C38H58N2.Ni/c1-3-5-7-9-11-12-13-14-15-16-17-18-20-28-34-38(40-36-31-25-22-26-32-36)37(33-27-19-10-8-6-4-2)39-35-29-23-21-24-30-35;/h21-26,28-32,34H,3-20,27,33H2,1-2H3;. The number of allylic oxidation sites excluding steroid dienone is 2. The first-order chi connectivity index (χ1) is 19.8. The molecule has 3 heteroatoms. The van der Waals surface area contributed by atoms with Crippen LogP contribution in [0.15, 0.2) is 82.8 Å². The third kappa shape index (κ3) is 19.7. The van der Waals surface area contributed by atoms with E-state index in [2.05, 4.69) is 86.7 Å². The van der Waals surface area contributed by atoms with Crippen molar-refractivity contribution in [2.45, 2.75) is 142 Å². The quantitative estimate of drug-likeness (QED) is 0.0650.